The van der Waals surface area contributed by atoms with Crippen LogP contribution in [0.3, 0.4) is 0 Å². The summed E-state index contributed by atoms with van der Waals surface area (Å²) in [5, 5.41) is 11.1. The van der Waals surface area contributed by atoms with E-state index in [-0.39, 0.29) is 12.5 Å². The van der Waals surface area contributed by atoms with Gasteiger partial charge in [-0.3, -0.25) is 0 Å². The van der Waals surface area contributed by atoms with Gasteiger partial charge in [-0.15, -0.1) is 0 Å². The lowest BCUT2D eigenvalue weighted by atomic mass is 9.80. The molecule has 0 spiro atoms. The van der Waals surface area contributed by atoms with Gasteiger partial charge in [0.2, 0.25) is 6.10 Å². The molecule has 0 saturated heterocycles. The zero-order chi connectivity index (χ0) is 15.8. The Bertz CT molecular complexity index is 552. The highest BCUT2D eigenvalue weighted by Crippen LogP contribution is 2.48. The van der Waals surface area contributed by atoms with Crippen LogP contribution in [-0.2, 0) is 15.1 Å². The second kappa shape index (κ2) is 5.56. The molecule has 2 rings (SSSR count). The summed E-state index contributed by atoms with van der Waals surface area (Å²) in [7, 11) is 1.57. The van der Waals surface area contributed by atoms with Crippen molar-refractivity contribution < 1.29 is 24.1 Å². The van der Waals surface area contributed by atoms with Crippen LogP contribution < -0.4 is 9.47 Å². The van der Waals surface area contributed by atoms with E-state index in [1.807, 2.05) is 26.8 Å². The molecule has 2 atom stereocenters. The number of ether oxygens (including phenoxy) is 3. The van der Waals surface area contributed by atoms with Gasteiger partial charge in [-0.2, -0.15) is 0 Å². The van der Waals surface area contributed by atoms with E-state index in [9.17, 15) is 9.90 Å². The zero-order valence-corrected chi connectivity index (χ0v) is 13.1. The lowest BCUT2D eigenvalue weighted by molar-refractivity contribution is -0.167. The summed E-state index contributed by atoms with van der Waals surface area (Å²) in [6.07, 6.45) is -1.06. The third-order valence-electron chi connectivity index (χ3n) is 3.95. The molecular weight excluding hydrogens is 272 g/mol. The number of esters is 1. The van der Waals surface area contributed by atoms with Gasteiger partial charge in [0.25, 0.3) is 0 Å². The van der Waals surface area contributed by atoms with Crippen LogP contribution in [-0.4, -0.2) is 30.9 Å². The number of carbonyl (C=O) groups is 1. The van der Waals surface area contributed by atoms with E-state index in [1.165, 1.54) is 0 Å². The SMILES string of the molecule is CCOC(=O)C1Oc2cc(OC)c(C)cc2C1(O)C(C)C. The first-order valence-corrected chi connectivity index (χ1v) is 7.11. The molecule has 0 bridgehead atoms. The second-order valence-corrected chi connectivity index (χ2v) is 5.55. The van der Waals surface area contributed by atoms with Crippen LogP contribution in [0.2, 0.25) is 0 Å². The number of aliphatic hydroxyl groups is 1. The van der Waals surface area contributed by atoms with Crippen molar-refractivity contribution in [2.45, 2.75) is 39.4 Å². The Morgan fingerprint density at radius 1 is 1.48 bits per heavy atom. The van der Waals surface area contributed by atoms with Gasteiger partial charge in [0.15, 0.2) is 0 Å². The Hall–Kier alpha value is -1.75. The molecule has 5 heteroatoms. The number of fused-ring (bicyclic) bond motifs is 1. The van der Waals surface area contributed by atoms with Gasteiger partial charge in [-0.25, -0.2) is 4.79 Å². The molecule has 1 aromatic carbocycles. The van der Waals surface area contributed by atoms with Gasteiger partial charge in [-0.05, 0) is 31.4 Å². The molecule has 2 unspecified atom stereocenters. The van der Waals surface area contributed by atoms with E-state index in [2.05, 4.69) is 0 Å². The lowest BCUT2D eigenvalue weighted by Crippen LogP contribution is -2.48. The normalized spacial score (nSPS) is 23.7. The minimum absolute atomic E-state index is 0.207. The maximum Gasteiger partial charge on any atom is 0.350 e. The van der Waals surface area contributed by atoms with E-state index in [1.54, 1.807) is 20.1 Å². The Labute approximate surface area is 124 Å². The molecule has 1 aliphatic rings. The highest BCUT2D eigenvalue weighted by Gasteiger charge is 2.54. The van der Waals surface area contributed by atoms with Crippen molar-refractivity contribution in [1.82, 2.24) is 0 Å². The first-order valence-electron chi connectivity index (χ1n) is 7.11. The summed E-state index contributed by atoms with van der Waals surface area (Å²) in [4.78, 5) is 12.1. The minimum Gasteiger partial charge on any atom is -0.496 e. The standard InChI is InChI=1S/C16H22O5/c1-6-20-15(17)14-16(18,9(2)3)11-7-10(4)12(19-5)8-13(11)21-14/h7-9,14,18H,6H2,1-5H3. The Balaban J connectivity index is 2.53. The molecule has 0 aliphatic carbocycles. The summed E-state index contributed by atoms with van der Waals surface area (Å²) >= 11 is 0. The summed E-state index contributed by atoms with van der Waals surface area (Å²) < 4.78 is 16.0. The van der Waals surface area contributed by atoms with Crippen molar-refractivity contribution in [3.05, 3.63) is 23.3 Å². The molecule has 21 heavy (non-hydrogen) atoms. The zero-order valence-electron chi connectivity index (χ0n) is 13.1. The van der Waals surface area contributed by atoms with Gasteiger partial charge in [0, 0.05) is 11.6 Å². The van der Waals surface area contributed by atoms with Gasteiger partial charge >= 0.3 is 5.97 Å². The predicted molar refractivity (Wildman–Crippen MR) is 77.5 cm³/mol. The van der Waals surface area contributed by atoms with Crippen molar-refractivity contribution >= 4 is 5.97 Å². The Morgan fingerprint density at radius 2 is 2.14 bits per heavy atom. The van der Waals surface area contributed by atoms with Crippen LogP contribution in [0.15, 0.2) is 12.1 Å². The van der Waals surface area contributed by atoms with Gasteiger partial charge in [-0.1, -0.05) is 13.8 Å². The van der Waals surface area contributed by atoms with Crippen molar-refractivity contribution in [2.24, 2.45) is 5.92 Å². The van der Waals surface area contributed by atoms with Crippen LogP contribution in [0.5, 0.6) is 11.5 Å². The Morgan fingerprint density at radius 3 is 2.67 bits per heavy atom. The van der Waals surface area contributed by atoms with Crippen LogP contribution in [0.1, 0.15) is 31.9 Å². The largest absolute Gasteiger partial charge is 0.496 e. The number of aryl methyl sites for hydroxylation is 1. The molecule has 0 radical (unpaired) electrons. The summed E-state index contributed by atoms with van der Waals surface area (Å²) in [5.41, 5.74) is 0.0795. The average Bonchev–Trinajstić information content (AvgIpc) is 2.73. The van der Waals surface area contributed by atoms with Crippen LogP contribution in [0, 0.1) is 12.8 Å². The van der Waals surface area contributed by atoms with Crippen molar-refractivity contribution in [2.75, 3.05) is 13.7 Å². The van der Waals surface area contributed by atoms with Crippen molar-refractivity contribution in [1.29, 1.82) is 0 Å². The fourth-order valence-corrected chi connectivity index (χ4v) is 2.72. The number of rotatable bonds is 4. The number of benzene rings is 1. The fourth-order valence-electron chi connectivity index (χ4n) is 2.72. The minimum atomic E-state index is -1.40. The van der Waals surface area contributed by atoms with Gasteiger partial charge in [0.1, 0.15) is 17.1 Å². The number of methoxy groups -OCH3 is 1. The summed E-state index contributed by atoms with van der Waals surface area (Å²) in [5.74, 6) is 0.360. The maximum atomic E-state index is 12.1. The third kappa shape index (κ3) is 2.35. The van der Waals surface area contributed by atoms with E-state index < -0.39 is 17.7 Å². The quantitative estimate of drug-likeness (QED) is 0.862. The van der Waals surface area contributed by atoms with E-state index in [0.717, 1.165) is 5.56 Å². The molecule has 1 heterocycles. The first kappa shape index (κ1) is 15.6. The maximum absolute atomic E-state index is 12.1. The number of hydrogen-bond acceptors (Lipinski definition) is 5. The molecule has 116 valence electrons. The van der Waals surface area contributed by atoms with E-state index in [0.29, 0.717) is 17.1 Å². The molecule has 5 nitrogen and oxygen atoms in total. The van der Waals surface area contributed by atoms with Crippen molar-refractivity contribution in [3.63, 3.8) is 0 Å². The monoisotopic (exact) mass is 294 g/mol. The van der Waals surface area contributed by atoms with E-state index >= 15 is 0 Å². The van der Waals surface area contributed by atoms with E-state index in [4.69, 9.17) is 14.2 Å². The molecular formula is C16H22O5. The predicted octanol–water partition coefficient (Wildman–Crippen LogP) is 2.17. The molecule has 1 aromatic rings. The highest BCUT2D eigenvalue weighted by atomic mass is 16.6. The lowest BCUT2D eigenvalue weighted by Gasteiger charge is -2.31. The van der Waals surface area contributed by atoms with Crippen LogP contribution in [0.4, 0.5) is 0 Å². The average molecular weight is 294 g/mol. The van der Waals surface area contributed by atoms with Crippen molar-refractivity contribution in [3.8, 4) is 11.5 Å². The summed E-state index contributed by atoms with van der Waals surface area (Å²) in [6, 6.07) is 3.52. The number of hydrogen-bond donors (Lipinski definition) is 1. The first-order chi connectivity index (χ1) is 9.86. The molecule has 0 fully saturated rings. The molecule has 1 N–H and O–H groups in total. The second-order valence-electron chi connectivity index (χ2n) is 5.55. The third-order valence-corrected chi connectivity index (χ3v) is 3.95. The summed E-state index contributed by atoms with van der Waals surface area (Å²) in [6.45, 7) is 7.55. The highest BCUT2D eigenvalue weighted by molar-refractivity contribution is 5.79. The number of carbonyl (C=O) groups excluding carboxylic acids is 1. The smallest absolute Gasteiger partial charge is 0.350 e. The topological polar surface area (TPSA) is 65.0 Å². The van der Waals surface area contributed by atoms with Gasteiger partial charge in [0.05, 0.1) is 13.7 Å². The molecule has 1 aliphatic heterocycles. The molecule has 0 aromatic heterocycles. The molecule has 0 saturated carbocycles. The fraction of sp³-hybridized carbons (Fsp3) is 0.562. The Kier molecular flexibility index (Phi) is 4.14. The van der Waals surface area contributed by atoms with Crippen LogP contribution >= 0.6 is 0 Å². The van der Waals surface area contributed by atoms with Crippen LogP contribution in [0.25, 0.3) is 0 Å². The molecule has 0 amide bonds. The van der Waals surface area contributed by atoms with Gasteiger partial charge < -0.3 is 19.3 Å².